The quantitative estimate of drug-likeness (QED) is 0.615. The van der Waals surface area contributed by atoms with Gasteiger partial charge in [0.1, 0.15) is 5.69 Å². The average molecular weight is 308 g/mol. The number of hydrogen-bond donors (Lipinski definition) is 0. The molecular weight excluding hydrogens is 299 g/mol. The van der Waals surface area contributed by atoms with Crippen molar-refractivity contribution in [1.82, 2.24) is 4.98 Å². The minimum absolute atomic E-state index is 0.00696. The topological polar surface area (TPSA) is 30.0 Å². The minimum atomic E-state index is -4.47. The van der Waals surface area contributed by atoms with Crippen molar-refractivity contribution in [3.8, 4) is 11.8 Å². The third kappa shape index (κ3) is 5.53. The van der Waals surface area contributed by atoms with Crippen molar-refractivity contribution in [2.24, 2.45) is 0 Å². The van der Waals surface area contributed by atoms with Gasteiger partial charge in [-0.1, -0.05) is 29.3 Å². The zero-order valence-electron chi connectivity index (χ0n) is 9.84. The predicted molar refractivity (Wildman–Crippen MR) is 68.9 cm³/mol. The number of carbonyl (C=O) groups excluding carboxylic acids is 1. The molecule has 0 aliphatic carbocycles. The second-order valence-electron chi connectivity index (χ2n) is 3.44. The number of hydrogen-bond acceptors (Lipinski definition) is 3. The molecule has 0 unspecified atom stereocenters. The van der Waals surface area contributed by atoms with Crippen LogP contribution in [0, 0.1) is 11.8 Å². The highest BCUT2D eigenvalue weighted by molar-refractivity contribution is 8.13. The number of halogens is 4. The molecule has 1 aromatic rings. The normalized spacial score (nSPS) is 10.8. The van der Waals surface area contributed by atoms with Gasteiger partial charge in [0, 0.05) is 25.3 Å². The van der Waals surface area contributed by atoms with Gasteiger partial charge in [0.15, 0.2) is 5.12 Å². The molecule has 0 atom stereocenters. The van der Waals surface area contributed by atoms with Crippen molar-refractivity contribution >= 4 is 28.5 Å². The molecule has 0 saturated heterocycles. The molecule has 0 aliphatic heterocycles. The molecule has 2 nitrogen and oxygen atoms in total. The molecular formula is C12H9ClF3NOS. The Morgan fingerprint density at radius 1 is 1.53 bits per heavy atom. The van der Waals surface area contributed by atoms with Gasteiger partial charge in [-0.25, -0.2) is 4.98 Å². The van der Waals surface area contributed by atoms with Gasteiger partial charge in [-0.05, 0) is 12.0 Å². The number of alkyl halides is 3. The van der Waals surface area contributed by atoms with Crippen LogP contribution < -0.4 is 0 Å². The first kappa shape index (κ1) is 15.9. The maximum Gasteiger partial charge on any atom is 0.417 e. The van der Waals surface area contributed by atoms with Crippen molar-refractivity contribution in [1.29, 1.82) is 0 Å². The van der Waals surface area contributed by atoms with E-state index in [2.05, 4.69) is 16.8 Å². The summed E-state index contributed by atoms with van der Waals surface area (Å²) in [7, 11) is 0. The van der Waals surface area contributed by atoms with E-state index in [1.165, 1.54) is 6.92 Å². The largest absolute Gasteiger partial charge is 0.417 e. The molecule has 0 radical (unpaired) electrons. The Kier molecular flexibility index (Phi) is 5.70. The maximum absolute atomic E-state index is 12.4. The number of rotatable bonds is 2. The van der Waals surface area contributed by atoms with Crippen molar-refractivity contribution in [3.05, 3.63) is 28.5 Å². The lowest BCUT2D eigenvalue weighted by atomic mass is 10.2. The predicted octanol–water partition coefficient (Wildman–Crippen LogP) is 3.78. The lowest BCUT2D eigenvalue weighted by molar-refractivity contribution is -0.137. The molecule has 0 amide bonds. The van der Waals surface area contributed by atoms with Gasteiger partial charge in [-0.15, -0.1) is 0 Å². The molecule has 1 aromatic heterocycles. The number of aromatic nitrogens is 1. The van der Waals surface area contributed by atoms with Gasteiger partial charge < -0.3 is 0 Å². The van der Waals surface area contributed by atoms with Crippen LogP contribution >= 0.6 is 23.4 Å². The Morgan fingerprint density at radius 2 is 2.21 bits per heavy atom. The summed E-state index contributed by atoms with van der Waals surface area (Å²) in [4.78, 5) is 14.2. The summed E-state index contributed by atoms with van der Waals surface area (Å²) in [5.74, 6) is 5.81. The summed E-state index contributed by atoms with van der Waals surface area (Å²) in [6, 6.07) is 0.795. The fourth-order valence-electron chi connectivity index (χ4n) is 1.08. The first-order valence-electron chi connectivity index (χ1n) is 5.15. The fourth-order valence-corrected chi connectivity index (χ4v) is 1.78. The van der Waals surface area contributed by atoms with E-state index >= 15 is 0 Å². The Hall–Kier alpha value is -1.19. The lowest BCUT2D eigenvalue weighted by Gasteiger charge is -2.06. The van der Waals surface area contributed by atoms with E-state index in [0.29, 0.717) is 18.4 Å². The first-order valence-corrected chi connectivity index (χ1v) is 6.52. The number of nitrogens with zero attached hydrogens (tertiary/aromatic N) is 1. The number of carbonyl (C=O) groups is 1. The van der Waals surface area contributed by atoms with E-state index in [9.17, 15) is 18.0 Å². The second-order valence-corrected chi connectivity index (χ2v) is 5.12. The highest BCUT2D eigenvalue weighted by Gasteiger charge is 2.31. The molecule has 0 aliphatic rings. The molecule has 0 fully saturated rings. The van der Waals surface area contributed by atoms with E-state index in [-0.39, 0.29) is 15.8 Å². The van der Waals surface area contributed by atoms with Gasteiger partial charge in [-0.3, -0.25) is 4.79 Å². The van der Waals surface area contributed by atoms with Crippen LogP contribution in [0.5, 0.6) is 0 Å². The number of pyridine rings is 1. The summed E-state index contributed by atoms with van der Waals surface area (Å²) in [6.45, 7) is 1.45. The van der Waals surface area contributed by atoms with Crippen molar-refractivity contribution < 1.29 is 18.0 Å². The van der Waals surface area contributed by atoms with Crippen molar-refractivity contribution in [3.63, 3.8) is 0 Å². The van der Waals surface area contributed by atoms with Crippen molar-refractivity contribution in [2.75, 3.05) is 5.75 Å². The van der Waals surface area contributed by atoms with Gasteiger partial charge in [0.2, 0.25) is 0 Å². The molecule has 0 N–H and O–H groups in total. The average Bonchev–Trinajstić information content (AvgIpc) is 2.28. The molecule has 1 rings (SSSR count). The Bertz CT molecular complexity index is 534. The monoisotopic (exact) mass is 307 g/mol. The molecule has 19 heavy (non-hydrogen) atoms. The van der Waals surface area contributed by atoms with Crippen molar-refractivity contribution in [2.45, 2.75) is 19.5 Å². The zero-order chi connectivity index (χ0) is 14.5. The van der Waals surface area contributed by atoms with Gasteiger partial charge >= 0.3 is 6.18 Å². The zero-order valence-corrected chi connectivity index (χ0v) is 11.4. The highest BCUT2D eigenvalue weighted by Crippen LogP contribution is 2.30. The van der Waals surface area contributed by atoms with Crippen LogP contribution in [0.3, 0.4) is 0 Å². The maximum atomic E-state index is 12.4. The number of thioether (sulfide) groups is 1. The standard InChI is InChI=1S/C12H9ClF3NOS/c1-8(18)19-5-3-2-4-11-10(13)6-9(7-17-11)12(14,15)16/h6-7H,3,5H2,1H3. The van der Waals surface area contributed by atoms with Crippen LogP contribution in [0.2, 0.25) is 5.02 Å². The molecule has 0 aromatic carbocycles. The van der Waals surface area contributed by atoms with E-state index < -0.39 is 11.7 Å². The third-order valence-corrected chi connectivity index (χ3v) is 3.01. The van der Waals surface area contributed by atoms with Crippen LogP contribution in [0.15, 0.2) is 12.3 Å². The summed E-state index contributed by atoms with van der Waals surface area (Å²) >= 11 is 6.81. The van der Waals surface area contributed by atoms with E-state index in [0.717, 1.165) is 17.8 Å². The summed E-state index contributed by atoms with van der Waals surface area (Å²) < 4.78 is 37.1. The minimum Gasteiger partial charge on any atom is -0.288 e. The first-order chi connectivity index (χ1) is 8.80. The molecule has 0 saturated carbocycles. The van der Waals surface area contributed by atoms with Crippen LogP contribution in [0.1, 0.15) is 24.6 Å². The van der Waals surface area contributed by atoms with Crippen LogP contribution in [-0.2, 0) is 11.0 Å². The van der Waals surface area contributed by atoms with Crippen LogP contribution in [-0.4, -0.2) is 15.9 Å². The molecule has 0 bridgehead atoms. The Morgan fingerprint density at radius 3 is 2.74 bits per heavy atom. The van der Waals surface area contributed by atoms with E-state index in [4.69, 9.17) is 11.6 Å². The van der Waals surface area contributed by atoms with Gasteiger partial charge in [-0.2, -0.15) is 13.2 Å². The molecule has 102 valence electrons. The SMILES string of the molecule is CC(=O)SCCC#Cc1ncc(C(F)(F)F)cc1Cl. The lowest BCUT2D eigenvalue weighted by Crippen LogP contribution is -2.05. The molecule has 1 heterocycles. The van der Waals surface area contributed by atoms with Crippen LogP contribution in [0.25, 0.3) is 0 Å². The second kappa shape index (κ2) is 6.83. The Balaban J connectivity index is 2.71. The summed E-state index contributed by atoms with van der Waals surface area (Å²) in [6.07, 6.45) is -3.34. The third-order valence-electron chi connectivity index (χ3n) is 1.91. The summed E-state index contributed by atoms with van der Waals surface area (Å²) in [5, 5.41) is -0.144. The smallest absolute Gasteiger partial charge is 0.288 e. The van der Waals surface area contributed by atoms with E-state index in [1.54, 1.807) is 0 Å². The molecule has 0 spiro atoms. The van der Waals surface area contributed by atoms with Gasteiger partial charge in [0.05, 0.1) is 10.6 Å². The van der Waals surface area contributed by atoms with Gasteiger partial charge in [0.25, 0.3) is 0 Å². The van der Waals surface area contributed by atoms with Crippen LogP contribution in [0.4, 0.5) is 13.2 Å². The fraction of sp³-hybridized carbons (Fsp3) is 0.333. The molecule has 7 heteroatoms. The Labute approximate surface area is 117 Å². The van der Waals surface area contributed by atoms with E-state index in [1.807, 2.05) is 0 Å². The highest BCUT2D eigenvalue weighted by atomic mass is 35.5. The summed E-state index contributed by atoms with van der Waals surface area (Å²) in [5.41, 5.74) is -0.808.